The van der Waals surface area contributed by atoms with Crippen molar-refractivity contribution in [3.05, 3.63) is 71.0 Å². The Bertz CT molecular complexity index is 576. The fourth-order valence-corrected chi connectivity index (χ4v) is 2.01. The van der Waals surface area contributed by atoms with Crippen LogP contribution in [0, 0.1) is 17.5 Å². The number of benzene rings is 2. The van der Waals surface area contributed by atoms with Crippen molar-refractivity contribution in [2.75, 3.05) is 0 Å². The Morgan fingerprint density at radius 2 is 1.63 bits per heavy atom. The first-order chi connectivity index (χ1) is 8.90. The molecule has 0 heterocycles. The minimum atomic E-state index is -1.57. The smallest absolute Gasteiger partial charge is 0.164 e. The van der Waals surface area contributed by atoms with Crippen LogP contribution in [0.25, 0.3) is 0 Å². The second-order valence-corrected chi connectivity index (χ2v) is 4.68. The predicted octanol–water partition coefficient (Wildman–Crippen LogP) is 3.55. The van der Waals surface area contributed by atoms with Gasteiger partial charge in [-0.15, -0.1) is 0 Å². The zero-order valence-corrected chi connectivity index (χ0v) is 10.3. The summed E-state index contributed by atoms with van der Waals surface area (Å²) in [4.78, 5) is 0. The normalized spacial score (nSPS) is 14.2. The third-order valence-corrected chi connectivity index (χ3v) is 2.99. The highest BCUT2D eigenvalue weighted by molar-refractivity contribution is 5.28. The van der Waals surface area contributed by atoms with Crippen LogP contribution < -0.4 is 0 Å². The van der Waals surface area contributed by atoms with Gasteiger partial charge in [0.15, 0.2) is 11.6 Å². The van der Waals surface area contributed by atoms with Gasteiger partial charge in [0.1, 0.15) is 5.82 Å². The molecule has 0 bridgehead atoms. The highest BCUT2D eigenvalue weighted by Gasteiger charge is 2.28. The molecule has 2 aromatic carbocycles. The summed E-state index contributed by atoms with van der Waals surface area (Å²) in [6.07, 6.45) is 0.0631. The van der Waals surface area contributed by atoms with E-state index in [-0.39, 0.29) is 17.8 Å². The van der Waals surface area contributed by atoms with Gasteiger partial charge < -0.3 is 5.11 Å². The molecule has 0 aromatic heterocycles. The number of halogens is 3. The van der Waals surface area contributed by atoms with Crippen molar-refractivity contribution in [1.29, 1.82) is 0 Å². The second-order valence-electron chi connectivity index (χ2n) is 4.68. The molecular weight excluding hydrogens is 253 g/mol. The van der Waals surface area contributed by atoms with Crippen molar-refractivity contribution in [3.63, 3.8) is 0 Å². The van der Waals surface area contributed by atoms with Crippen molar-refractivity contribution in [3.8, 4) is 0 Å². The van der Waals surface area contributed by atoms with Crippen LogP contribution in [0.5, 0.6) is 0 Å². The lowest BCUT2D eigenvalue weighted by atomic mass is 9.88. The lowest BCUT2D eigenvalue weighted by Gasteiger charge is -2.24. The minimum absolute atomic E-state index is 0.0631. The largest absolute Gasteiger partial charge is 0.385 e. The number of rotatable bonds is 3. The van der Waals surface area contributed by atoms with Gasteiger partial charge in [-0.1, -0.05) is 24.3 Å². The first-order valence-electron chi connectivity index (χ1n) is 5.81. The number of aliphatic hydroxyl groups is 1. The van der Waals surface area contributed by atoms with Crippen molar-refractivity contribution in [1.82, 2.24) is 0 Å². The van der Waals surface area contributed by atoms with E-state index in [2.05, 4.69) is 0 Å². The summed E-state index contributed by atoms with van der Waals surface area (Å²) in [5.74, 6) is -2.45. The monoisotopic (exact) mass is 266 g/mol. The fourth-order valence-electron chi connectivity index (χ4n) is 2.01. The maximum absolute atomic E-state index is 13.7. The quantitative estimate of drug-likeness (QED) is 0.900. The van der Waals surface area contributed by atoms with Gasteiger partial charge in [-0.25, -0.2) is 13.2 Å². The Balaban J connectivity index is 2.31. The summed E-state index contributed by atoms with van der Waals surface area (Å²) in [5.41, 5.74) is -1.05. The summed E-state index contributed by atoms with van der Waals surface area (Å²) in [6.45, 7) is 1.40. The molecule has 2 aromatic rings. The van der Waals surface area contributed by atoms with Crippen LogP contribution in [0.2, 0.25) is 0 Å². The van der Waals surface area contributed by atoms with Gasteiger partial charge in [-0.05, 0) is 30.7 Å². The van der Waals surface area contributed by atoms with E-state index < -0.39 is 17.2 Å². The van der Waals surface area contributed by atoms with E-state index in [9.17, 15) is 18.3 Å². The van der Waals surface area contributed by atoms with E-state index in [0.29, 0.717) is 5.56 Å². The van der Waals surface area contributed by atoms with Gasteiger partial charge >= 0.3 is 0 Å². The molecule has 1 nitrogen and oxygen atoms in total. The third kappa shape index (κ3) is 2.96. The fraction of sp³-hybridized carbons (Fsp3) is 0.200. The van der Waals surface area contributed by atoms with E-state index in [0.717, 1.165) is 6.07 Å². The molecule has 0 saturated carbocycles. The first kappa shape index (κ1) is 13.6. The molecule has 19 heavy (non-hydrogen) atoms. The predicted molar refractivity (Wildman–Crippen MR) is 66.0 cm³/mol. The van der Waals surface area contributed by atoms with Crippen molar-refractivity contribution < 1.29 is 18.3 Å². The first-order valence-corrected chi connectivity index (χ1v) is 5.81. The molecule has 1 unspecified atom stereocenters. The molecule has 1 N–H and O–H groups in total. The van der Waals surface area contributed by atoms with Crippen LogP contribution >= 0.6 is 0 Å². The van der Waals surface area contributed by atoms with Gasteiger partial charge in [-0.2, -0.15) is 0 Å². The van der Waals surface area contributed by atoms with E-state index >= 15 is 0 Å². The van der Waals surface area contributed by atoms with E-state index in [1.165, 1.54) is 43.3 Å². The molecule has 4 heteroatoms. The maximum atomic E-state index is 13.7. The molecule has 0 fully saturated rings. The molecule has 1 atom stereocenters. The molecule has 0 aliphatic rings. The second kappa shape index (κ2) is 5.05. The van der Waals surface area contributed by atoms with Crippen molar-refractivity contribution >= 4 is 0 Å². The molecule has 0 spiro atoms. The van der Waals surface area contributed by atoms with Gasteiger partial charge in [0.05, 0.1) is 5.60 Å². The Labute approximate surface area is 109 Å². The number of hydrogen-bond acceptors (Lipinski definition) is 1. The van der Waals surface area contributed by atoms with E-state index in [1.54, 1.807) is 0 Å². The highest BCUT2D eigenvalue weighted by Crippen LogP contribution is 2.28. The molecule has 0 aliphatic heterocycles. The average molecular weight is 266 g/mol. The average Bonchev–Trinajstić information content (AvgIpc) is 2.35. The zero-order chi connectivity index (χ0) is 14.0. The Morgan fingerprint density at radius 3 is 2.26 bits per heavy atom. The van der Waals surface area contributed by atoms with Crippen LogP contribution in [0.15, 0.2) is 42.5 Å². The maximum Gasteiger partial charge on any atom is 0.164 e. The van der Waals surface area contributed by atoms with Gasteiger partial charge in [0.25, 0.3) is 0 Å². The van der Waals surface area contributed by atoms with Crippen molar-refractivity contribution in [2.45, 2.75) is 18.9 Å². The Hall–Kier alpha value is -1.81. The summed E-state index contributed by atoms with van der Waals surface area (Å²) < 4.78 is 39.6. The summed E-state index contributed by atoms with van der Waals surface area (Å²) in [5, 5.41) is 10.3. The third-order valence-electron chi connectivity index (χ3n) is 2.99. The SMILES string of the molecule is CC(O)(Cc1ccc(F)cc1)c1cccc(F)c1F. The minimum Gasteiger partial charge on any atom is -0.385 e. The standard InChI is InChI=1S/C15H13F3O/c1-15(19,9-10-5-7-11(16)8-6-10)12-3-2-4-13(17)14(12)18/h2-8,19H,9H2,1H3. The van der Waals surface area contributed by atoms with Crippen molar-refractivity contribution in [2.24, 2.45) is 0 Å². The van der Waals surface area contributed by atoms with Crippen LogP contribution in [0.4, 0.5) is 13.2 Å². The van der Waals surface area contributed by atoms with Gasteiger partial charge in [0.2, 0.25) is 0 Å². The number of hydrogen-bond donors (Lipinski definition) is 1. The van der Waals surface area contributed by atoms with E-state index in [4.69, 9.17) is 0 Å². The van der Waals surface area contributed by atoms with Crippen LogP contribution in [-0.2, 0) is 12.0 Å². The van der Waals surface area contributed by atoms with E-state index in [1.807, 2.05) is 0 Å². The lowest BCUT2D eigenvalue weighted by Crippen LogP contribution is -2.26. The van der Waals surface area contributed by atoms with Gasteiger partial charge in [-0.3, -0.25) is 0 Å². The molecule has 2 rings (SSSR count). The summed E-state index contributed by atoms with van der Waals surface area (Å²) in [7, 11) is 0. The van der Waals surface area contributed by atoms with Gasteiger partial charge in [0, 0.05) is 12.0 Å². The molecule has 0 aliphatic carbocycles. The molecule has 0 radical (unpaired) electrons. The lowest BCUT2D eigenvalue weighted by molar-refractivity contribution is 0.0530. The zero-order valence-electron chi connectivity index (χ0n) is 10.3. The molecule has 100 valence electrons. The highest BCUT2D eigenvalue weighted by atomic mass is 19.2. The Kier molecular flexibility index (Phi) is 3.62. The van der Waals surface area contributed by atoms with Crippen LogP contribution in [0.3, 0.4) is 0 Å². The molecule has 0 amide bonds. The summed E-state index contributed by atoms with van der Waals surface area (Å²) >= 11 is 0. The van der Waals surface area contributed by atoms with Crippen LogP contribution in [-0.4, -0.2) is 5.11 Å². The topological polar surface area (TPSA) is 20.2 Å². The Morgan fingerprint density at radius 1 is 1.00 bits per heavy atom. The van der Waals surface area contributed by atoms with Crippen LogP contribution in [0.1, 0.15) is 18.1 Å². The molecular formula is C15H13F3O. The molecule has 0 saturated heterocycles. The summed E-state index contributed by atoms with van der Waals surface area (Å²) in [6, 6.07) is 9.18.